The molecule has 1 rings (SSSR count). The van der Waals surface area contributed by atoms with E-state index in [1.165, 1.54) is 0 Å². The lowest BCUT2D eigenvalue weighted by Gasteiger charge is -2.00. The van der Waals surface area contributed by atoms with E-state index in [-0.39, 0.29) is 1.43 Å². The van der Waals surface area contributed by atoms with E-state index in [0.717, 1.165) is 5.56 Å². The Kier molecular flexibility index (Phi) is 1.71. The van der Waals surface area contributed by atoms with Crippen molar-refractivity contribution in [2.24, 2.45) is 0 Å². The molecule has 0 spiro atoms. The highest BCUT2D eigenvalue weighted by Crippen LogP contribution is 2.09. The maximum Gasteiger partial charge on any atom is 0.0405 e. The number of hydrogen-bond donors (Lipinski definition) is 2. The summed E-state index contributed by atoms with van der Waals surface area (Å²) in [5.41, 5.74) is 7.59. The van der Waals surface area contributed by atoms with Crippen LogP contribution in [-0.2, 0) is 0 Å². The minimum Gasteiger partial charge on any atom is -0.398 e. The van der Waals surface area contributed by atoms with Gasteiger partial charge in [-0.3, -0.25) is 0 Å². The van der Waals surface area contributed by atoms with Crippen LogP contribution in [0.1, 0.15) is 13.9 Å². The summed E-state index contributed by atoms with van der Waals surface area (Å²) in [5.74, 6) is 0. The maximum absolute atomic E-state index is 7.30. The first-order chi connectivity index (χ1) is 4.72. The Balaban J connectivity index is 0.000001000. The number of hydrogen-bond acceptors (Lipinski definition) is 2. The van der Waals surface area contributed by atoms with Crippen molar-refractivity contribution >= 4 is 11.4 Å². The Hall–Kier alpha value is -1.31. The molecular formula is C8H12N2. The molecule has 3 N–H and O–H groups in total. The smallest absolute Gasteiger partial charge is 0.0405 e. The third-order valence-corrected chi connectivity index (χ3v) is 1.36. The lowest BCUT2D eigenvalue weighted by Crippen LogP contribution is -1.97. The predicted molar refractivity (Wildman–Crippen MR) is 45.5 cm³/mol. The van der Waals surface area contributed by atoms with Crippen molar-refractivity contribution in [1.29, 1.82) is 5.41 Å². The average molecular weight is 136 g/mol. The van der Waals surface area contributed by atoms with Crippen LogP contribution in [0.4, 0.5) is 5.69 Å². The Morgan fingerprint density at radius 2 is 2.10 bits per heavy atom. The van der Waals surface area contributed by atoms with Crippen LogP contribution in [0.5, 0.6) is 0 Å². The lowest BCUT2D eigenvalue weighted by molar-refractivity contribution is 1.46. The van der Waals surface area contributed by atoms with Crippen molar-refractivity contribution in [2.45, 2.75) is 6.92 Å². The van der Waals surface area contributed by atoms with E-state index in [0.29, 0.717) is 11.4 Å². The first-order valence-electron chi connectivity index (χ1n) is 3.12. The molecule has 0 aliphatic rings. The maximum atomic E-state index is 7.30. The van der Waals surface area contributed by atoms with E-state index < -0.39 is 0 Å². The zero-order valence-corrected chi connectivity index (χ0v) is 5.89. The summed E-state index contributed by atoms with van der Waals surface area (Å²) in [6.45, 7) is 1.73. The van der Waals surface area contributed by atoms with E-state index >= 15 is 0 Å². The van der Waals surface area contributed by atoms with Gasteiger partial charge in [0.05, 0.1) is 0 Å². The number of rotatable bonds is 1. The molecule has 0 atom stereocenters. The van der Waals surface area contributed by atoms with Crippen LogP contribution < -0.4 is 5.73 Å². The molecule has 0 fully saturated rings. The summed E-state index contributed by atoms with van der Waals surface area (Å²) in [5, 5.41) is 7.30. The molecule has 0 saturated carbocycles. The molecule has 0 aliphatic heterocycles. The van der Waals surface area contributed by atoms with Gasteiger partial charge in [0.15, 0.2) is 0 Å². The predicted octanol–water partition coefficient (Wildman–Crippen LogP) is 1.90. The summed E-state index contributed by atoms with van der Waals surface area (Å²) in [7, 11) is 0. The zero-order chi connectivity index (χ0) is 7.56. The normalized spacial score (nSPS) is 9.30. The highest BCUT2D eigenvalue weighted by molar-refractivity contribution is 6.00. The third kappa shape index (κ3) is 1.16. The molecule has 2 heteroatoms. The zero-order valence-electron chi connectivity index (χ0n) is 5.89. The van der Waals surface area contributed by atoms with Crippen LogP contribution in [0.25, 0.3) is 0 Å². The third-order valence-electron chi connectivity index (χ3n) is 1.36. The van der Waals surface area contributed by atoms with E-state index in [1.54, 1.807) is 13.0 Å². The van der Waals surface area contributed by atoms with Gasteiger partial charge in [-0.1, -0.05) is 18.2 Å². The fourth-order valence-corrected chi connectivity index (χ4v) is 0.839. The summed E-state index contributed by atoms with van der Waals surface area (Å²) in [6.07, 6.45) is 0. The second kappa shape index (κ2) is 2.52. The molecule has 2 nitrogen and oxygen atoms in total. The molecule has 0 unspecified atom stereocenters. The molecule has 0 aliphatic carbocycles. The van der Waals surface area contributed by atoms with Crippen LogP contribution in [0.15, 0.2) is 24.3 Å². The molecule has 54 valence electrons. The van der Waals surface area contributed by atoms with Gasteiger partial charge in [0, 0.05) is 18.4 Å². The van der Waals surface area contributed by atoms with Gasteiger partial charge in [0.2, 0.25) is 0 Å². The SMILES string of the molecule is CC(=N)c1ccccc1N.[HH]. The Morgan fingerprint density at radius 3 is 2.50 bits per heavy atom. The second-order valence-corrected chi connectivity index (χ2v) is 2.21. The molecule has 0 saturated heterocycles. The van der Waals surface area contributed by atoms with Gasteiger partial charge in [0.1, 0.15) is 0 Å². The lowest BCUT2D eigenvalue weighted by atomic mass is 10.1. The standard InChI is InChI=1S/C8H10N2.H2/c1-6(9)7-4-2-3-5-8(7)10;/h2-5,9H,10H2,1H3;1H. The van der Waals surface area contributed by atoms with Gasteiger partial charge in [0.25, 0.3) is 0 Å². The topological polar surface area (TPSA) is 49.9 Å². The Bertz CT molecular complexity index is 258. The highest BCUT2D eigenvalue weighted by atomic mass is 14.6. The van der Waals surface area contributed by atoms with Gasteiger partial charge in [-0.2, -0.15) is 0 Å². The molecule has 0 amide bonds. The van der Waals surface area contributed by atoms with Crippen molar-refractivity contribution in [2.75, 3.05) is 5.73 Å². The molecular weight excluding hydrogens is 124 g/mol. The number of nitrogens with one attached hydrogen (secondary N) is 1. The van der Waals surface area contributed by atoms with Crippen LogP contribution in [0, 0.1) is 5.41 Å². The van der Waals surface area contributed by atoms with Gasteiger partial charge in [-0.25, -0.2) is 0 Å². The number of nitrogens with two attached hydrogens (primary N) is 1. The first kappa shape index (κ1) is 6.81. The Labute approximate surface area is 61.7 Å². The van der Waals surface area contributed by atoms with Crippen LogP contribution in [0.2, 0.25) is 0 Å². The summed E-state index contributed by atoms with van der Waals surface area (Å²) in [6, 6.07) is 7.39. The quantitative estimate of drug-likeness (QED) is 0.449. The average Bonchev–Trinajstić information content (AvgIpc) is 1.88. The van der Waals surface area contributed by atoms with Gasteiger partial charge in [-0.05, 0) is 13.0 Å². The largest absolute Gasteiger partial charge is 0.398 e. The van der Waals surface area contributed by atoms with Crippen molar-refractivity contribution in [3.8, 4) is 0 Å². The summed E-state index contributed by atoms with van der Waals surface area (Å²) >= 11 is 0. The molecule has 1 aromatic rings. The fourth-order valence-electron chi connectivity index (χ4n) is 0.839. The van der Waals surface area contributed by atoms with Gasteiger partial charge in [-0.15, -0.1) is 0 Å². The van der Waals surface area contributed by atoms with E-state index in [2.05, 4.69) is 0 Å². The number of nitrogen functional groups attached to an aromatic ring is 1. The fraction of sp³-hybridized carbons (Fsp3) is 0.125. The number of benzene rings is 1. The van der Waals surface area contributed by atoms with Crippen molar-refractivity contribution in [3.63, 3.8) is 0 Å². The monoisotopic (exact) mass is 136 g/mol. The molecule has 0 radical (unpaired) electrons. The van der Waals surface area contributed by atoms with Crippen LogP contribution in [-0.4, -0.2) is 5.71 Å². The number of para-hydroxylation sites is 1. The summed E-state index contributed by atoms with van der Waals surface area (Å²) in [4.78, 5) is 0. The van der Waals surface area contributed by atoms with Crippen molar-refractivity contribution in [3.05, 3.63) is 29.8 Å². The molecule has 0 bridgehead atoms. The Morgan fingerprint density at radius 1 is 1.50 bits per heavy atom. The molecule has 1 aromatic carbocycles. The van der Waals surface area contributed by atoms with Gasteiger partial charge < -0.3 is 11.1 Å². The highest BCUT2D eigenvalue weighted by Gasteiger charge is 1.96. The van der Waals surface area contributed by atoms with Gasteiger partial charge >= 0.3 is 0 Å². The van der Waals surface area contributed by atoms with Crippen LogP contribution >= 0.6 is 0 Å². The summed E-state index contributed by atoms with van der Waals surface area (Å²) < 4.78 is 0. The van der Waals surface area contributed by atoms with Crippen LogP contribution in [0.3, 0.4) is 0 Å². The second-order valence-electron chi connectivity index (χ2n) is 2.21. The van der Waals surface area contributed by atoms with Crippen molar-refractivity contribution in [1.82, 2.24) is 0 Å². The van der Waals surface area contributed by atoms with E-state index in [1.807, 2.05) is 18.2 Å². The minimum absolute atomic E-state index is 0. The minimum atomic E-state index is 0. The first-order valence-corrected chi connectivity index (χ1v) is 3.12. The van der Waals surface area contributed by atoms with Crippen molar-refractivity contribution < 1.29 is 1.43 Å². The molecule has 10 heavy (non-hydrogen) atoms. The number of anilines is 1. The molecule has 0 heterocycles. The van der Waals surface area contributed by atoms with E-state index in [9.17, 15) is 0 Å². The molecule has 0 aromatic heterocycles. The van der Waals surface area contributed by atoms with E-state index in [4.69, 9.17) is 11.1 Å².